The summed E-state index contributed by atoms with van der Waals surface area (Å²) in [6, 6.07) is 8.67. The molecule has 1 aromatic rings. The number of benzene rings is 1. The summed E-state index contributed by atoms with van der Waals surface area (Å²) < 4.78 is 5.83. The second-order valence-corrected chi connectivity index (χ2v) is 5.95. The molecule has 0 bridgehead atoms. The van der Waals surface area contributed by atoms with Gasteiger partial charge in [0.2, 0.25) is 0 Å². The van der Waals surface area contributed by atoms with Crippen molar-refractivity contribution in [2.45, 2.75) is 58.9 Å². The van der Waals surface area contributed by atoms with Crippen molar-refractivity contribution in [1.82, 2.24) is 5.32 Å². The number of aliphatic hydroxyl groups is 1. The first-order valence-corrected chi connectivity index (χ1v) is 7.67. The van der Waals surface area contributed by atoms with Crippen molar-refractivity contribution in [1.29, 1.82) is 0 Å². The molecule has 0 spiro atoms. The Balaban J connectivity index is 1.87. The largest absolute Gasteiger partial charge is 0.392 e. The molecule has 0 amide bonds. The van der Waals surface area contributed by atoms with E-state index in [1.165, 1.54) is 5.56 Å². The highest BCUT2D eigenvalue weighted by molar-refractivity contribution is 5.22. The van der Waals surface area contributed by atoms with Crippen LogP contribution in [-0.2, 0) is 17.9 Å². The topological polar surface area (TPSA) is 41.5 Å². The third kappa shape index (κ3) is 3.05. The van der Waals surface area contributed by atoms with Crippen LogP contribution < -0.4 is 5.32 Å². The number of hydrogen-bond donors (Lipinski definition) is 2. The molecule has 1 fully saturated rings. The van der Waals surface area contributed by atoms with E-state index in [9.17, 15) is 0 Å². The zero-order chi connectivity index (χ0) is 14.6. The van der Waals surface area contributed by atoms with Crippen LogP contribution in [0.25, 0.3) is 0 Å². The SMILES string of the molecule is CCOC1CC(NCc2ccc(CO)cc2)C1(C)CC. The maximum Gasteiger partial charge on any atom is 0.0681 e. The Bertz CT molecular complexity index is 418. The summed E-state index contributed by atoms with van der Waals surface area (Å²) in [7, 11) is 0. The molecule has 3 atom stereocenters. The van der Waals surface area contributed by atoms with Gasteiger partial charge in [0.05, 0.1) is 12.7 Å². The predicted molar refractivity (Wildman–Crippen MR) is 81.4 cm³/mol. The zero-order valence-electron chi connectivity index (χ0n) is 12.9. The third-order valence-corrected chi connectivity index (χ3v) is 4.87. The van der Waals surface area contributed by atoms with E-state index in [1.54, 1.807) is 0 Å². The normalized spacial score (nSPS) is 29.2. The molecule has 3 heteroatoms. The first-order chi connectivity index (χ1) is 9.63. The van der Waals surface area contributed by atoms with Crippen LogP contribution in [0, 0.1) is 5.41 Å². The number of ether oxygens (including phenoxy) is 1. The highest BCUT2D eigenvalue weighted by Crippen LogP contribution is 2.45. The number of nitrogens with one attached hydrogen (secondary N) is 1. The van der Waals surface area contributed by atoms with Crippen LogP contribution in [0.5, 0.6) is 0 Å². The molecule has 2 rings (SSSR count). The Kier molecular flexibility index (Phi) is 5.19. The molecule has 0 radical (unpaired) electrons. The molecular formula is C17H27NO2. The van der Waals surface area contributed by atoms with Crippen molar-refractivity contribution >= 4 is 0 Å². The summed E-state index contributed by atoms with van der Waals surface area (Å²) in [6.45, 7) is 8.43. The van der Waals surface area contributed by atoms with Gasteiger partial charge >= 0.3 is 0 Å². The highest BCUT2D eigenvalue weighted by atomic mass is 16.5. The molecule has 3 nitrogen and oxygen atoms in total. The molecule has 1 aliphatic rings. The van der Waals surface area contributed by atoms with Gasteiger partial charge in [0, 0.05) is 24.6 Å². The van der Waals surface area contributed by atoms with Gasteiger partial charge in [0.1, 0.15) is 0 Å². The quantitative estimate of drug-likeness (QED) is 0.805. The van der Waals surface area contributed by atoms with Crippen LogP contribution in [-0.4, -0.2) is 23.9 Å². The van der Waals surface area contributed by atoms with Gasteiger partial charge in [0.25, 0.3) is 0 Å². The van der Waals surface area contributed by atoms with Gasteiger partial charge in [0.15, 0.2) is 0 Å². The first kappa shape index (κ1) is 15.5. The van der Waals surface area contributed by atoms with E-state index in [1.807, 2.05) is 12.1 Å². The van der Waals surface area contributed by atoms with E-state index < -0.39 is 0 Å². The van der Waals surface area contributed by atoms with Crippen molar-refractivity contribution in [3.63, 3.8) is 0 Å². The molecular weight excluding hydrogens is 250 g/mol. The number of hydrogen-bond acceptors (Lipinski definition) is 3. The lowest BCUT2D eigenvalue weighted by atomic mass is 9.61. The smallest absolute Gasteiger partial charge is 0.0681 e. The maximum atomic E-state index is 9.04. The lowest BCUT2D eigenvalue weighted by Crippen LogP contribution is -2.61. The molecule has 112 valence electrons. The lowest BCUT2D eigenvalue weighted by Gasteiger charge is -2.53. The second-order valence-electron chi connectivity index (χ2n) is 5.95. The Morgan fingerprint density at radius 3 is 2.45 bits per heavy atom. The Morgan fingerprint density at radius 1 is 1.25 bits per heavy atom. The van der Waals surface area contributed by atoms with Gasteiger partial charge in [-0.1, -0.05) is 38.1 Å². The fourth-order valence-corrected chi connectivity index (χ4v) is 3.07. The summed E-state index contributed by atoms with van der Waals surface area (Å²) >= 11 is 0. The fourth-order valence-electron chi connectivity index (χ4n) is 3.07. The average Bonchev–Trinajstić information content (AvgIpc) is 2.49. The molecule has 0 heterocycles. The molecule has 3 unspecified atom stereocenters. The van der Waals surface area contributed by atoms with E-state index >= 15 is 0 Å². The van der Waals surface area contributed by atoms with Gasteiger partial charge in [-0.3, -0.25) is 0 Å². The minimum Gasteiger partial charge on any atom is -0.392 e. The number of rotatable bonds is 7. The number of aliphatic hydroxyl groups excluding tert-OH is 1. The third-order valence-electron chi connectivity index (χ3n) is 4.87. The van der Waals surface area contributed by atoms with Crippen LogP contribution in [0.2, 0.25) is 0 Å². The van der Waals surface area contributed by atoms with Crippen LogP contribution in [0.4, 0.5) is 0 Å². The monoisotopic (exact) mass is 277 g/mol. The second kappa shape index (κ2) is 6.70. The fraction of sp³-hybridized carbons (Fsp3) is 0.647. The van der Waals surface area contributed by atoms with Gasteiger partial charge in [-0.15, -0.1) is 0 Å². The molecule has 1 saturated carbocycles. The van der Waals surface area contributed by atoms with Crippen LogP contribution in [0.15, 0.2) is 24.3 Å². The summed E-state index contributed by atoms with van der Waals surface area (Å²) in [5, 5.41) is 12.7. The molecule has 1 aliphatic carbocycles. The molecule has 1 aromatic carbocycles. The van der Waals surface area contributed by atoms with Crippen molar-refractivity contribution in [2.75, 3.05) is 6.61 Å². The van der Waals surface area contributed by atoms with E-state index in [0.29, 0.717) is 12.1 Å². The van der Waals surface area contributed by atoms with Gasteiger partial charge < -0.3 is 15.2 Å². The van der Waals surface area contributed by atoms with E-state index in [-0.39, 0.29) is 12.0 Å². The van der Waals surface area contributed by atoms with Crippen molar-refractivity contribution in [3.8, 4) is 0 Å². The summed E-state index contributed by atoms with van der Waals surface area (Å²) in [4.78, 5) is 0. The standard InChI is InChI=1S/C17H27NO2/c1-4-17(3)15(10-16(17)20-5-2)18-11-13-6-8-14(12-19)9-7-13/h6-9,15-16,18-19H,4-5,10-12H2,1-3H3. The van der Waals surface area contributed by atoms with Crippen LogP contribution in [0.1, 0.15) is 44.7 Å². The Morgan fingerprint density at radius 2 is 1.90 bits per heavy atom. The van der Waals surface area contributed by atoms with Crippen LogP contribution in [0.3, 0.4) is 0 Å². The maximum absolute atomic E-state index is 9.04. The van der Waals surface area contributed by atoms with Crippen LogP contribution >= 0.6 is 0 Å². The van der Waals surface area contributed by atoms with Gasteiger partial charge in [-0.25, -0.2) is 0 Å². The Labute approximate surface area is 122 Å². The van der Waals surface area contributed by atoms with E-state index in [4.69, 9.17) is 9.84 Å². The molecule has 0 aliphatic heterocycles. The van der Waals surface area contributed by atoms with E-state index in [2.05, 4.69) is 38.2 Å². The van der Waals surface area contributed by atoms with E-state index in [0.717, 1.165) is 31.6 Å². The molecule has 20 heavy (non-hydrogen) atoms. The molecule has 2 N–H and O–H groups in total. The minimum absolute atomic E-state index is 0.111. The summed E-state index contributed by atoms with van der Waals surface area (Å²) in [5.74, 6) is 0. The van der Waals surface area contributed by atoms with Crippen molar-refractivity contribution in [3.05, 3.63) is 35.4 Å². The molecule has 0 saturated heterocycles. The van der Waals surface area contributed by atoms with Gasteiger partial charge in [-0.2, -0.15) is 0 Å². The lowest BCUT2D eigenvalue weighted by molar-refractivity contribution is -0.126. The van der Waals surface area contributed by atoms with Gasteiger partial charge in [-0.05, 0) is 30.9 Å². The van der Waals surface area contributed by atoms with Crippen molar-refractivity contribution in [2.24, 2.45) is 5.41 Å². The molecule has 0 aromatic heterocycles. The Hall–Kier alpha value is -0.900. The highest BCUT2D eigenvalue weighted by Gasteiger charge is 2.50. The first-order valence-electron chi connectivity index (χ1n) is 7.67. The summed E-state index contributed by atoms with van der Waals surface area (Å²) in [6.07, 6.45) is 2.64. The average molecular weight is 277 g/mol. The summed E-state index contributed by atoms with van der Waals surface area (Å²) in [5.41, 5.74) is 2.48. The van der Waals surface area contributed by atoms with Crippen molar-refractivity contribution < 1.29 is 9.84 Å². The predicted octanol–water partition coefficient (Wildman–Crippen LogP) is 2.86. The zero-order valence-corrected chi connectivity index (χ0v) is 12.9. The minimum atomic E-state index is 0.111.